The van der Waals surface area contributed by atoms with Crippen molar-refractivity contribution in [3.8, 4) is 0 Å². The number of nitrogens with one attached hydrogen (secondary N) is 1. The highest BCUT2D eigenvalue weighted by molar-refractivity contribution is 5.14. The maximum atomic E-state index is 11.8. The number of rotatable bonds is 2. The molecule has 1 aromatic heterocycles. The summed E-state index contributed by atoms with van der Waals surface area (Å²) in [6.45, 7) is 0. The number of alkyl halides is 4. The number of hydrogen-bond acceptors (Lipinski definition) is 0. The summed E-state index contributed by atoms with van der Waals surface area (Å²) >= 11 is 0. The van der Waals surface area contributed by atoms with Crippen molar-refractivity contribution in [1.29, 1.82) is 0 Å². The minimum Gasteiger partial charge on any atom is -0.353 e. The molecule has 0 spiro atoms. The fourth-order valence-corrected chi connectivity index (χ4v) is 0.684. The van der Waals surface area contributed by atoms with Gasteiger partial charge in [0, 0.05) is 0 Å². The second kappa shape index (κ2) is 2.94. The summed E-state index contributed by atoms with van der Waals surface area (Å²) in [4.78, 5) is 1.91. The van der Waals surface area contributed by atoms with E-state index in [1.54, 1.807) is 0 Å². The van der Waals surface area contributed by atoms with Crippen LogP contribution >= 0.6 is 0 Å². The monoisotopic (exact) mass is 167 g/mol. The molecule has 0 atom stereocenters. The van der Waals surface area contributed by atoms with Gasteiger partial charge >= 0.3 is 0 Å². The Hall–Kier alpha value is -1.00. The van der Waals surface area contributed by atoms with Crippen LogP contribution in [0.3, 0.4) is 0 Å². The van der Waals surface area contributed by atoms with Crippen molar-refractivity contribution in [2.75, 3.05) is 0 Å². The molecule has 1 N–H and O–H groups in total. The topological polar surface area (TPSA) is 15.8 Å². The van der Waals surface area contributed by atoms with Crippen molar-refractivity contribution >= 4 is 0 Å². The van der Waals surface area contributed by atoms with Crippen LogP contribution in [0, 0.1) is 0 Å². The first-order valence-electron chi connectivity index (χ1n) is 2.86. The molecule has 0 aliphatic rings. The van der Waals surface area contributed by atoms with Crippen LogP contribution in [-0.4, -0.2) is 4.98 Å². The number of halogens is 4. The molecule has 0 aliphatic heterocycles. The first kappa shape index (κ1) is 8.10. The molecular weight excluding hydrogens is 162 g/mol. The lowest BCUT2D eigenvalue weighted by atomic mass is 10.4. The van der Waals surface area contributed by atoms with Crippen LogP contribution in [0.4, 0.5) is 17.6 Å². The Balaban J connectivity index is 2.82. The highest BCUT2D eigenvalue weighted by atomic mass is 19.3. The zero-order valence-corrected chi connectivity index (χ0v) is 5.32. The molecule has 1 nitrogen and oxygen atoms in total. The second-order valence-electron chi connectivity index (χ2n) is 1.97. The fraction of sp³-hybridized carbons (Fsp3) is 0.333. The SMILES string of the molecule is FC(F)c1ccc(C(F)F)[nH]1. The van der Waals surface area contributed by atoms with Crippen molar-refractivity contribution in [2.24, 2.45) is 0 Å². The van der Waals surface area contributed by atoms with Gasteiger partial charge in [-0.05, 0) is 12.1 Å². The number of hydrogen-bond donors (Lipinski definition) is 1. The minimum absolute atomic E-state index is 0.472. The smallest absolute Gasteiger partial charge is 0.278 e. The average molecular weight is 167 g/mol. The van der Waals surface area contributed by atoms with Crippen LogP contribution in [0.1, 0.15) is 24.2 Å². The lowest BCUT2D eigenvalue weighted by molar-refractivity contribution is 0.137. The van der Waals surface area contributed by atoms with Crippen molar-refractivity contribution in [3.05, 3.63) is 23.5 Å². The molecule has 5 heteroatoms. The number of aromatic amines is 1. The predicted octanol–water partition coefficient (Wildman–Crippen LogP) is 2.89. The average Bonchev–Trinajstić information content (AvgIpc) is 2.33. The molecule has 0 saturated heterocycles. The third kappa shape index (κ3) is 1.72. The van der Waals surface area contributed by atoms with Gasteiger partial charge in [-0.2, -0.15) is 0 Å². The molecule has 1 rings (SSSR count). The third-order valence-electron chi connectivity index (χ3n) is 1.20. The van der Waals surface area contributed by atoms with E-state index in [0.29, 0.717) is 0 Å². The van der Waals surface area contributed by atoms with Gasteiger partial charge in [0.15, 0.2) is 0 Å². The van der Waals surface area contributed by atoms with Crippen LogP contribution in [0.2, 0.25) is 0 Å². The van der Waals surface area contributed by atoms with Crippen LogP contribution in [0.5, 0.6) is 0 Å². The summed E-state index contributed by atoms with van der Waals surface area (Å²) < 4.78 is 47.1. The van der Waals surface area contributed by atoms with Crippen LogP contribution in [-0.2, 0) is 0 Å². The summed E-state index contributed by atoms with van der Waals surface area (Å²) in [6, 6.07) is 1.90. The van der Waals surface area contributed by atoms with Crippen molar-refractivity contribution < 1.29 is 17.6 Å². The summed E-state index contributed by atoms with van der Waals surface area (Å²) in [7, 11) is 0. The zero-order chi connectivity index (χ0) is 8.43. The van der Waals surface area contributed by atoms with Crippen molar-refractivity contribution in [2.45, 2.75) is 12.9 Å². The normalized spacial score (nSPS) is 11.5. The maximum Gasteiger partial charge on any atom is 0.278 e. The molecule has 0 bridgehead atoms. The maximum absolute atomic E-state index is 11.8. The minimum atomic E-state index is -2.72. The largest absolute Gasteiger partial charge is 0.353 e. The lowest BCUT2D eigenvalue weighted by Crippen LogP contribution is -1.86. The molecule has 0 fully saturated rings. The van der Waals surface area contributed by atoms with E-state index in [0.717, 1.165) is 12.1 Å². The van der Waals surface area contributed by atoms with Gasteiger partial charge in [-0.3, -0.25) is 0 Å². The number of H-pyrrole nitrogens is 1. The van der Waals surface area contributed by atoms with Gasteiger partial charge in [0.05, 0.1) is 11.4 Å². The zero-order valence-electron chi connectivity index (χ0n) is 5.32. The van der Waals surface area contributed by atoms with Gasteiger partial charge in [-0.15, -0.1) is 0 Å². The lowest BCUT2D eigenvalue weighted by Gasteiger charge is -1.94. The molecular formula is C6H5F4N. The highest BCUT2D eigenvalue weighted by Crippen LogP contribution is 2.22. The van der Waals surface area contributed by atoms with Gasteiger partial charge in [0.25, 0.3) is 12.9 Å². The van der Waals surface area contributed by atoms with Gasteiger partial charge < -0.3 is 4.98 Å². The van der Waals surface area contributed by atoms with E-state index in [9.17, 15) is 17.6 Å². The van der Waals surface area contributed by atoms with Crippen LogP contribution in [0.15, 0.2) is 12.1 Å². The van der Waals surface area contributed by atoms with Crippen molar-refractivity contribution in [1.82, 2.24) is 4.98 Å². The fourth-order valence-electron chi connectivity index (χ4n) is 0.684. The standard InChI is InChI=1S/C6H5F4N/c7-5(8)3-1-2-4(11-3)6(9)10/h1-2,5-6,11H. The first-order valence-corrected chi connectivity index (χ1v) is 2.86. The first-order chi connectivity index (χ1) is 5.11. The Bertz CT molecular complexity index is 208. The van der Waals surface area contributed by atoms with E-state index < -0.39 is 24.2 Å². The molecule has 0 radical (unpaired) electrons. The molecule has 0 saturated carbocycles. The van der Waals surface area contributed by atoms with Crippen molar-refractivity contribution in [3.63, 3.8) is 0 Å². The van der Waals surface area contributed by atoms with Gasteiger partial charge in [0.2, 0.25) is 0 Å². The molecule has 0 aromatic carbocycles. The second-order valence-corrected chi connectivity index (χ2v) is 1.97. The Morgan fingerprint density at radius 2 is 1.27 bits per heavy atom. The molecule has 1 aromatic rings. The quantitative estimate of drug-likeness (QED) is 0.652. The van der Waals surface area contributed by atoms with E-state index in [4.69, 9.17) is 0 Å². The molecule has 62 valence electrons. The molecule has 0 amide bonds. The Morgan fingerprint density at radius 3 is 1.45 bits per heavy atom. The molecule has 0 aliphatic carbocycles. The molecule has 1 heterocycles. The van der Waals surface area contributed by atoms with E-state index in [1.165, 1.54) is 0 Å². The Labute approximate surface area is 60.0 Å². The van der Waals surface area contributed by atoms with E-state index in [-0.39, 0.29) is 0 Å². The third-order valence-corrected chi connectivity index (χ3v) is 1.20. The van der Waals surface area contributed by atoms with E-state index >= 15 is 0 Å². The summed E-state index contributed by atoms with van der Waals surface area (Å²) in [6.07, 6.45) is -5.44. The molecule has 11 heavy (non-hydrogen) atoms. The Morgan fingerprint density at radius 1 is 0.909 bits per heavy atom. The van der Waals surface area contributed by atoms with Crippen LogP contribution < -0.4 is 0 Å². The Kier molecular flexibility index (Phi) is 2.16. The summed E-state index contributed by atoms with van der Waals surface area (Å²) in [5, 5.41) is 0. The summed E-state index contributed by atoms with van der Waals surface area (Å²) in [5.41, 5.74) is -0.944. The van der Waals surface area contributed by atoms with Gasteiger partial charge in [0.1, 0.15) is 0 Å². The van der Waals surface area contributed by atoms with Crippen LogP contribution in [0.25, 0.3) is 0 Å². The van der Waals surface area contributed by atoms with Gasteiger partial charge in [-0.25, -0.2) is 17.6 Å². The summed E-state index contributed by atoms with van der Waals surface area (Å²) in [5.74, 6) is 0. The number of aromatic nitrogens is 1. The van der Waals surface area contributed by atoms with E-state index in [2.05, 4.69) is 0 Å². The van der Waals surface area contributed by atoms with E-state index in [1.807, 2.05) is 4.98 Å². The highest BCUT2D eigenvalue weighted by Gasteiger charge is 2.13. The van der Waals surface area contributed by atoms with Gasteiger partial charge in [-0.1, -0.05) is 0 Å². The predicted molar refractivity (Wildman–Crippen MR) is 30.7 cm³/mol. The molecule has 0 unspecified atom stereocenters.